The Labute approximate surface area is 179 Å². The third kappa shape index (κ3) is 5.09. The van der Waals surface area contributed by atoms with Crippen LogP contribution < -0.4 is 14.8 Å². The average Bonchev–Trinajstić information content (AvgIpc) is 3.02. The maximum atomic E-state index is 13.2. The van der Waals surface area contributed by atoms with Gasteiger partial charge in [-0.15, -0.1) is 0 Å². The number of carbonyl (C=O) groups excluding carboxylic acids is 1. The number of methoxy groups -OCH3 is 1. The number of rotatable bonds is 5. The predicted octanol–water partition coefficient (Wildman–Crippen LogP) is 5.66. The number of ether oxygens (including phenoxy) is 2. The van der Waals surface area contributed by atoms with Gasteiger partial charge in [-0.1, -0.05) is 17.7 Å². The summed E-state index contributed by atoms with van der Waals surface area (Å²) < 4.78 is 50.5. The smallest absolute Gasteiger partial charge is 0.418 e. The maximum Gasteiger partial charge on any atom is 0.418 e. The Kier molecular flexibility index (Phi) is 6.62. The van der Waals surface area contributed by atoms with E-state index in [-0.39, 0.29) is 20.8 Å². The molecule has 0 unspecified atom stereocenters. The Bertz CT molecular complexity index is 1040. The van der Waals surface area contributed by atoms with E-state index < -0.39 is 17.6 Å². The molecule has 0 aliphatic carbocycles. The Morgan fingerprint density at radius 3 is 2.63 bits per heavy atom. The van der Waals surface area contributed by atoms with Gasteiger partial charge in [0.15, 0.2) is 16.7 Å². The topological polar surface area (TPSA) is 59.9 Å². The molecule has 0 saturated carbocycles. The van der Waals surface area contributed by atoms with Gasteiger partial charge in [0.1, 0.15) is 0 Å². The van der Waals surface area contributed by atoms with Crippen molar-refractivity contribution in [3.63, 3.8) is 0 Å². The van der Waals surface area contributed by atoms with Crippen molar-refractivity contribution < 1.29 is 27.4 Å². The van der Waals surface area contributed by atoms with Crippen molar-refractivity contribution in [3.05, 3.63) is 57.5 Å². The van der Waals surface area contributed by atoms with E-state index in [1.807, 2.05) is 6.92 Å². The van der Waals surface area contributed by atoms with Gasteiger partial charge in [0.2, 0.25) is 0 Å². The lowest BCUT2D eigenvalue weighted by atomic mass is 10.2. The average molecular weight is 457 g/mol. The molecule has 1 amide bonds. The first kappa shape index (κ1) is 22.0. The Balaban J connectivity index is 1.89. The highest BCUT2D eigenvalue weighted by atomic mass is 35.5. The van der Waals surface area contributed by atoms with Gasteiger partial charge >= 0.3 is 6.18 Å². The van der Waals surface area contributed by atoms with Crippen LogP contribution in [0.5, 0.6) is 11.5 Å². The molecule has 5 nitrogen and oxygen atoms in total. The lowest BCUT2D eigenvalue weighted by Gasteiger charge is -2.10. The predicted molar refractivity (Wildman–Crippen MR) is 111 cm³/mol. The fourth-order valence-electron chi connectivity index (χ4n) is 2.62. The van der Waals surface area contributed by atoms with Crippen LogP contribution in [0.2, 0.25) is 5.02 Å². The molecule has 0 bridgehead atoms. The molecule has 1 heterocycles. The van der Waals surface area contributed by atoms with Crippen molar-refractivity contribution in [1.29, 1.82) is 0 Å². The molecular weight excluding hydrogens is 441 g/mol. The molecule has 30 heavy (non-hydrogen) atoms. The molecule has 1 saturated heterocycles. The summed E-state index contributed by atoms with van der Waals surface area (Å²) in [6.07, 6.45) is -3.04. The molecular formula is C20H16ClF3N2O3S. The molecule has 0 aromatic heterocycles. The second kappa shape index (κ2) is 9.01. The maximum absolute atomic E-state index is 13.2. The third-order valence-electron chi connectivity index (χ3n) is 3.92. The van der Waals surface area contributed by atoms with Crippen LogP contribution in [-0.4, -0.2) is 24.8 Å². The minimum atomic E-state index is -4.63. The van der Waals surface area contributed by atoms with Gasteiger partial charge in [-0.05, 0) is 60.7 Å². The first-order valence-electron chi connectivity index (χ1n) is 8.68. The van der Waals surface area contributed by atoms with E-state index in [9.17, 15) is 18.0 Å². The van der Waals surface area contributed by atoms with Crippen molar-refractivity contribution in [2.75, 3.05) is 13.7 Å². The fraction of sp³-hybridized carbons (Fsp3) is 0.200. The number of benzene rings is 2. The molecule has 10 heteroatoms. The van der Waals surface area contributed by atoms with E-state index >= 15 is 0 Å². The standard InChI is InChI=1S/C20H16ClF3N2O3S/c1-3-29-15-7-4-11(8-16(15)28-2)9-17-18(27)26-19(30-17)25-14-6-5-12(21)10-13(14)20(22,23)24/h4-10H,3H2,1-2H3,(H,25,26,27)/b17-9-. The molecule has 158 valence electrons. The number of nitrogens with one attached hydrogen (secondary N) is 1. The molecule has 1 fully saturated rings. The van der Waals surface area contributed by atoms with Crippen molar-refractivity contribution in [2.24, 2.45) is 4.99 Å². The van der Waals surface area contributed by atoms with Crippen LogP contribution in [0.1, 0.15) is 18.1 Å². The van der Waals surface area contributed by atoms with Gasteiger partial charge in [-0.3, -0.25) is 4.79 Å². The van der Waals surface area contributed by atoms with Gasteiger partial charge in [0.05, 0.1) is 29.9 Å². The molecule has 1 N–H and O–H groups in total. The number of amides is 1. The van der Waals surface area contributed by atoms with Crippen LogP contribution in [0.3, 0.4) is 0 Å². The summed E-state index contributed by atoms with van der Waals surface area (Å²) in [6, 6.07) is 8.41. The largest absolute Gasteiger partial charge is 0.493 e. The number of halogens is 4. The van der Waals surface area contributed by atoms with E-state index in [4.69, 9.17) is 21.1 Å². The number of alkyl halides is 3. The van der Waals surface area contributed by atoms with Crippen molar-refractivity contribution in [2.45, 2.75) is 13.1 Å². The second-order valence-corrected chi connectivity index (χ2v) is 7.45. The minimum Gasteiger partial charge on any atom is -0.493 e. The minimum absolute atomic E-state index is 0.0389. The summed E-state index contributed by atoms with van der Waals surface area (Å²) >= 11 is 6.62. The zero-order chi connectivity index (χ0) is 21.9. The number of thioether (sulfide) groups is 1. The Morgan fingerprint density at radius 1 is 1.20 bits per heavy atom. The molecule has 0 atom stereocenters. The lowest BCUT2D eigenvalue weighted by molar-refractivity contribution is -0.137. The Morgan fingerprint density at radius 2 is 1.97 bits per heavy atom. The first-order chi connectivity index (χ1) is 14.2. The van der Waals surface area contributed by atoms with Crippen molar-refractivity contribution >= 4 is 46.2 Å². The van der Waals surface area contributed by atoms with Crippen LogP contribution in [0.15, 0.2) is 46.3 Å². The van der Waals surface area contributed by atoms with Crippen LogP contribution in [0.4, 0.5) is 18.9 Å². The normalized spacial score (nSPS) is 16.8. The number of hydrogen-bond donors (Lipinski definition) is 1. The fourth-order valence-corrected chi connectivity index (χ4v) is 3.63. The zero-order valence-electron chi connectivity index (χ0n) is 15.8. The molecule has 0 spiro atoms. The Hall–Kier alpha value is -2.65. The number of nitrogens with zero attached hydrogens (tertiary/aromatic N) is 1. The van der Waals surface area contributed by atoms with E-state index in [0.717, 1.165) is 23.9 Å². The summed E-state index contributed by atoms with van der Waals surface area (Å²) in [5.41, 5.74) is -0.651. The van der Waals surface area contributed by atoms with Gasteiger partial charge < -0.3 is 14.8 Å². The van der Waals surface area contributed by atoms with Crippen molar-refractivity contribution in [3.8, 4) is 11.5 Å². The third-order valence-corrected chi connectivity index (χ3v) is 5.07. The van der Waals surface area contributed by atoms with Gasteiger partial charge in [0, 0.05) is 5.02 Å². The van der Waals surface area contributed by atoms with Crippen LogP contribution in [-0.2, 0) is 11.0 Å². The summed E-state index contributed by atoms with van der Waals surface area (Å²) in [6.45, 7) is 2.32. The SMILES string of the molecule is CCOc1ccc(/C=C2\SC(=Nc3ccc(Cl)cc3C(F)(F)F)NC2=O)cc1OC. The number of amidine groups is 1. The zero-order valence-corrected chi connectivity index (χ0v) is 17.4. The monoisotopic (exact) mass is 456 g/mol. The van der Waals surface area contributed by atoms with Crippen LogP contribution >= 0.6 is 23.4 Å². The van der Waals surface area contributed by atoms with Gasteiger partial charge in [0.25, 0.3) is 5.91 Å². The van der Waals surface area contributed by atoms with E-state index in [2.05, 4.69) is 10.3 Å². The number of carbonyl (C=O) groups is 1. The van der Waals surface area contributed by atoms with Crippen LogP contribution in [0.25, 0.3) is 6.08 Å². The van der Waals surface area contributed by atoms with Crippen LogP contribution in [0, 0.1) is 0 Å². The molecule has 2 aromatic carbocycles. The first-order valence-corrected chi connectivity index (χ1v) is 9.88. The quantitative estimate of drug-likeness (QED) is 0.590. The van der Waals surface area contributed by atoms with E-state index in [1.165, 1.54) is 13.2 Å². The van der Waals surface area contributed by atoms with E-state index in [1.54, 1.807) is 24.3 Å². The highest BCUT2D eigenvalue weighted by Gasteiger charge is 2.34. The molecule has 1 aliphatic heterocycles. The van der Waals surface area contributed by atoms with Crippen molar-refractivity contribution in [1.82, 2.24) is 5.32 Å². The molecule has 1 aliphatic rings. The summed E-state index contributed by atoms with van der Waals surface area (Å²) in [4.78, 5) is 16.5. The molecule has 0 radical (unpaired) electrons. The molecule has 3 rings (SSSR count). The van der Waals surface area contributed by atoms with Gasteiger partial charge in [-0.2, -0.15) is 13.2 Å². The summed E-state index contributed by atoms with van der Waals surface area (Å²) in [5.74, 6) is 0.601. The van der Waals surface area contributed by atoms with E-state index in [0.29, 0.717) is 23.7 Å². The number of hydrogen-bond acceptors (Lipinski definition) is 5. The summed E-state index contributed by atoms with van der Waals surface area (Å²) in [7, 11) is 1.50. The highest BCUT2D eigenvalue weighted by molar-refractivity contribution is 8.18. The summed E-state index contributed by atoms with van der Waals surface area (Å²) in [5, 5.41) is 2.46. The van der Waals surface area contributed by atoms with Gasteiger partial charge in [-0.25, -0.2) is 4.99 Å². The number of aliphatic imine (C=N–C) groups is 1. The second-order valence-electron chi connectivity index (χ2n) is 5.98. The lowest BCUT2D eigenvalue weighted by Crippen LogP contribution is -2.19. The highest BCUT2D eigenvalue weighted by Crippen LogP contribution is 2.39. The molecule has 2 aromatic rings.